The topological polar surface area (TPSA) is 57.5 Å². The van der Waals surface area contributed by atoms with Crippen LogP contribution in [0.1, 0.15) is 59.3 Å². The highest BCUT2D eigenvalue weighted by molar-refractivity contribution is 5.75. The molecule has 23 heavy (non-hydrogen) atoms. The summed E-state index contributed by atoms with van der Waals surface area (Å²) in [4.78, 5) is 12.0. The second-order valence-corrected chi connectivity index (χ2v) is 8.83. The van der Waals surface area contributed by atoms with Gasteiger partial charge in [0.2, 0.25) is 0 Å². The molecule has 3 nitrogen and oxygen atoms in total. The summed E-state index contributed by atoms with van der Waals surface area (Å²) in [5.41, 5.74) is 0.380. The smallest absolute Gasteiger partial charge is 0.309 e. The van der Waals surface area contributed by atoms with E-state index in [1.807, 2.05) is 13.0 Å². The van der Waals surface area contributed by atoms with Crippen molar-refractivity contribution in [2.75, 3.05) is 0 Å². The van der Waals surface area contributed by atoms with E-state index in [-0.39, 0.29) is 16.7 Å². The van der Waals surface area contributed by atoms with Gasteiger partial charge in [-0.2, -0.15) is 0 Å². The molecule has 0 aliphatic heterocycles. The number of aliphatic hydroxyl groups is 1. The molecule has 0 aromatic rings. The van der Waals surface area contributed by atoms with Crippen molar-refractivity contribution in [1.82, 2.24) is 0 Å². The van der Waals surface area contributed by atoms with Crippen molar-refractivity contribution in [2.24, 2.45) is 28.1 Å². The van der Waals surface area contributed by atoms with Crippen molar-refractivity contribution in [1.29, 1.82) is 0 Å². The number of carbonyl (C=O) groups is 1. The highest BCUT2D eigenvalue weighted by atomic mass is 16.4. The van der Waals surface area contributed by atoms with Crippen LogP contribution in [0.4, 0.5) is 0 Å². The number of aliphatic carboxylic acids is 1. The number of fused-ring (bicyclic) bond motifs is 3. The Bertz CT molecular complexity index is 565. The lowest BCUT2D eigenvalue weighted by atomic mass is 9.44. The number of carboxylic acid groups (broad SMARTS) is 1. The van der Waals surface area contributed by atoms with Gasteiger partial charge in [-0.3, -0.25) is 4.79 Å². The molecule has 6 atom stereocenters. The molecule has 0 bridgehead atoms. The summed E-state index contributed by atoms with van der Waals surface area (Å²) in [5, 5.41) is 20.6. The molecule has 3 aliphatic carbocycles. The predicted molar refractivity (Wildman–Crippen MR) is 90.9 cm³/mol. The van der Waals surface area contributed by atoms with Crippen molar-refractivity contribution in [3.63, 3.8) is 0 Å². The molecular formula is C20H30O3. The third-order valence-corrected chi connectivity index (χ3v) is 7.44. The molecule has 0 radical (unpaired) electrons. The molecule has 3 heteroatoms. The van der Waals surface area contributed by atoms with E-state index in [9.17, 15) is 15.0 Å². The van der Waals surface area contributed by atoms with Gasteiger partial charge in [0.25, 0.3) is 0 Å². The van der Waals surface area contributed by atoms with Gasteiger partial charge < -0.3 is 10.2 Å². The fourth-order valence-electron chi connectivity index (χ4n) is 5.85. The van der Waals surface area contributed by atoms with E-state index in [1.165, 1.54) is 0 Å². The first-order valence-corrected chi connectivity index (χ1v) is 8.94. The standard InChI is InChI=1S/C20H30O3/c1-5-18(2)10-7-14-13(12-18)15(21)11-16-19(14,3)8-6-9-20(16,4)17(22)23/h5,12,14-16,21H,1,6-11H2,2-4H3,(H,22,23)/t14-,15-,16-,18+,19-,20-/m1/s1. The van der Waals surface area contributed by atoms with Crippen molar-refractivity contribution in [3.05, 3.63) is 24.3 Å². The molecule has 2 N–H and O–H groups in total. The van der Waals surface area contributed by atoms with Crippen LogP contribution in [-0.2, 0) is 4.79 Å². The van der Waals surface area contributed by atoms with Crippen molar-refractivity contribution >= 4 is 5.97 Å². The Morgan fingerprint density at radius 2 is 2.00 bits per heavy atom. The van der Waals surface area contributed by atoms with Crippen LogP contribution >= 0.6 is 0 Å². The minimum Gasteiger partial charge on any atom is -0.481 e. The van der Waals surface area contributed by atoms with Gasteiger partial charge in [0.1, 0.15) is 0 Å². The Morgan fingerprint density at radius 3 is 2.61 bits per heavy atom. The van der Waals surface area contributed by atoms with E-state index in [1.54, 1.807) is 0 Å². The first-order valence-electron chi connectivity index (χ1n) is 8.94. The molecule has 0 heterocycles. The van der Waals surface area contributed by atoms with Gasteiger partial charge in [-0.05, 0) is 61.9 Å². The highest BCUT2D eigenvalue weighted by Gasteiger charge is 2.60. The summed E-state index contributed by atoms with van der Waals surface area (Å²) in [6.45, 7) is 10.3. The lowest BCUT2D eigenvalue weighted by Crippen LogP contribution is -2.57. The van der Waals surface area contributed by atoms with Crippen LogP contribution in [0.25, 0.3) is 0 Å². The van der Waals surface area contributed by atoms with Crippen molar-refractivity contribution in [2.45, 2.75) is 65.4 Å². The predicted octanol–water partition coefficient (Wildman–Crippen LogP) is 4.18. The largest absolute Gasteiger partial charge is 0.481 e. The molecule has 0 spiro atoms. The SMILES string of the molecule is C=C[C@]1(C)C=C2[C@H](O)C[C@@H]3[C@](C)(CCC[C@@]3(C)C(=O)O)[C@@H]2CC1. The van der Waals surface area contributed by atoms with Gasteiger partial charge in [0, 0.05) is 5.41 Å². The lowest BCUT2D eigenvalue weighted by molar-refractivity contribution is -0.168. The first kappa shape index (κ1) is 16.8. The minimum atomic E-state index is -0.710. The fraction of sp³-hybridized carbons (Fsp3) is 0.750. The molecule has 0 aromatic carbocycles. The third kappa shape index (κ3) is 2.31. The van der Waals surface area contributed by atoms with Crippen LogP contribution in [0.3, 0.4) is 0 Å². The average Bonchev–Trinajstić information content (AvgIpc) is 2.50. The zero-order chi connectivity index (χ0) is 17.0. The van der Waals surface area contributed by atoms with Gasteiger partial charge in [0.05, 0.1) is 11.5 Å². The van der Waals surface area contributed by atoms with Crippen molar-refractivity contribution in [3.8, 4) is 0 Å². The number of carboxylic acids is 1. The maximum absolute atomic E-state index is 12.0. The molecular weight excluding hydrogens is 288 g/mol. The van der Waals surface area contributed by atoms with Gasteiger partial charge >= 0.3 is 5.97 Å². The molecule has 2 fully saturated rings. The molecule has 0 aromatic heterocycles. The summed E-state index contributed by atoms with van der Waals surface area (Å²) in [5.74, 6) is -0.338. The number of aliphatic hydroxyl groups excluding tert-OH is 1. The Hall–Kier alpha value is -1.09. The molecule has 0 amide bonds. The summed E-state index contributed by atoms with van der Waals surface area (Å²) in [6, 6.07) is 0. The number of rotatable bonds is 2. The van der Waals surface area contributed by atoms with E-state index < -0.39 is 17.5 Å². The lowest BCUT2D eigenvalue weighted by Gasteiger charge is -2.60. The summed E-state index contributed by atoms with van der Waals surface area (Å²) in [7, 11) is 0. The minimum absolute atomic E-state index is 0.0149. The fourth-order valence-corrected chi connectivity index (χ4v) is 5.85. The molecule has 0 saturated heterocycles. The van der Waals surface area contributed by atoms with Gasteiger partial charge in [-0.15, -0.1) is 6.58 Å². The number of hydrogen-bond donors (Lipinski definition) is 2. The normalized spacial score (nSPS) is 49.6. The number of allylic oxidation sites excluding steroid dienone is 2. The van der Waals surface area contributed by atoms with Crippen LogP contribution in [0.15, 0.2) is 24.3 Å². The monoisotopic (exact) mass is 318 g/mol. The molecule has 128 valence electrons. The zero-order valence-corrected chi connectivity index (χ0v) is 14.6. The van der Waals surface area contributed by atoms with E-state index in [2.05, 4.69) is 26.5 Å². The maximum Gasteiger partial charge on any atom is 0.309 e. The van der Waals surface area contributed by atoms with Crippen molar-refractivity contribution < 1.29 is 15.0 Å². The Labute approximate surface area is 139 Å². The number of hydrogen-bond acceptors (Lipinski definition) is 2. The maximum atomic E-state index is 12.0. The van der Waals surface area contributed by atoms with E-state index in [0.29, 0.717) is 12.3 Å². The summed E-state index contributed by atoms with van der Waals surface area (Å²) < 4.78 is 0. The quantitative estimate of drug-likeness (QED) is 0.751. The highest BCUT2D eigenvalue weighted by Crippen LogP contribution is 2.63. The molecule has 3 rings (SSSR count). The van der Waals surface area contributed by atoms with Crippen LogP contribution in [0, 0.1) is 28.1 Å². The van der Waals surface area contributed by atoms with E-state index in [0.717, 1.165) is 37.7 Å². The van der Waals surface area contributed by atoms with Gasteiger partial charge in [-0.25, -0.2) is 0 Å². The Morgan fingerprint density at radius 1 is 1.30 bits per heavy atom. The Kier molecular flexibility index (Phi) is 3.79. The molecule has 0 unspecified atom stereocenters. The van der Waals surface area contributed by atoms with Crippen LogP contribution in [0.5, 0.6) is 0 Å². The summed E-state index contributed by atoms with van der Waals surface area (Å²) in [6.07, 6.45) is 9.10. The van der Waals surface area contributed by atoms with Crippen LogP contribution < -0.4 is 0 Å². The van der Waals surface area contributed by atoms with Gasteiger partial charge in [-0.1, -0.05) is 32.4 Å². The van der Waals surface area contributed by atoms with Crippen LogP contribution in [0.2, 0.25) is 0 Å². The third-order valence-electron chi connectivity index (χ3n) is 7.44. The van der Waals surface area contributed by atoms with Crippen LogP contribution in [-0.4, -0.2) is 22.3 Å². The molecule has 3 aliphatic rings. The van der Waals surface area contributed by atoms with E-state index in [4.69, 9.17) is 0 Å². The second-order valence-electron chi connectivity index (χ2n) is 8.83. The second kappa shape index (κ2) is 5.20. The van der Waals surface area contributed by atoms with Gasteiger partial charge in [0.15, 0.2) is 0 Å². The summed E-state index contributed by atoms with van der Waals surface area (Å²) >= 11 is 0. The van der Waals surface area contributed by atoms with E-state index >= 15 is 0 Å². The zero-order valence-electron chi connectivity index (χ0n) is 14.6. The average molecular weight is 318 g/mol. The molecule has 2 saturated carbocycles. The first-order chi connectivity index (χ1) is 10.7. The Balaban J connectivity index is 2.05.